The number of fused-ring (bicyclic) bond motifs is 1. The number of hydrogen-bond acceptors (Lipinski definition) is 6. The number of benzene rings is 1. The van der Waals surface area contributed by atoms with Gasteiger partial charge in [0.15, 0.2) is 16.5 Å². The minimum absolute atomic E-state index is 0.134. The summed E-state index contributed by atoms with van der Waals surface area (Å²) < 4.78 is 29.8. The topological polar surface area (TPSA) is 83.4 Å². The van der Waals surface area contributed by atoms with Gasteiger partial charge in [-0.3, -0.25) is 19.8 Å². The maximum absolute atomic E-state index is 13.8. The minimum Gasteiger partial charge on any atom is -0.333 e. The Kier molecular flexibility index (Phi) is 6.56. The smallest absolute Gasteiger partial charge is 0.276 e. The first-order chi connectivity index (χ1) is 17.4. The van der Waals surface area contributed by atoms with Gasteiger partial charge in [-0.15, -0.1) is 0 Å². The first-order valence-electron chi connectivity index (χ1n) is 12.6. The van der Waals surface area contributed by atoms with Gasteiger partial charge in [-0.05, 0) is 52.7 Å². The number of anilines is 1. The quantitative estimate of drug-likeness (QED) is 0.515. The van der Waals surface area contributed by atoms with Crippen molar-refractivity contribution in [2.45, 2.75) is 64.5 Å². The number of thiazole rings is 1. The van der Waals surface area contributed by atoms with Crippen molar-refractivity contribution < 1.29 is 18.4 Å². The molecule has 2 fully saturated rings. The Labute approximate surface area is 218 Å². The summed E-state index contributed by atoms with van der Waals surface area (Å²) in [5.74, 6) is -3.16. The summed E-state index contributed by atoms with van der Waals surface area (Å²) in [4.78, 5) is 34.7. The zero-order valence-electron chi connectivity index (χ0n) is 21.6. The predicted molar refractivity (Wildman–Crippen MR) is 140 cm³/mol. The highest BCUT2D eigenvalue weighted by atomic mass is 32.1. The van der Waals surface area contributed by atoms with E-state index in [1.165, 1.54) is 11.3 Å². The van der Waals surface area contributed by atoms with Crippen LogP contribution < -0.4 is 5.32 Å². The molecule has 1 N–H and O–H groups in total. The van der Waals surface area contributed by atoms with Gasteiger partial charge in [0.2, 0.25) is 0 Å². The van der Waals surface area contributed by atoms with Gasteiger partial charge in [0, 0.05) is 37.7 Å². The van der Waals surface area contributed by atoms with Crippen LogP contribution in [0, 0.1) is 6.92 Å². The van der Waals surface area contributed by atoms with Crippen LogP contribution in [0.3, 0.4) is 0 Å². The van der Waals surface area contributed by atoms with Crippen molar-refractivity contribution in [3.8, 4) is 0 Å². The van der Waals surface area contributed by atoms with Gasteiger partial charge < -0.3 is 4.90 Å². The summed E-state index contributed by atoms with van der Waals surface area (Å²) in [5, 5.41) is 7.92. The Balaban J connectivity index is 1.42. The van der Waals surface area contributed by atoms with E-state index in [-0.39, 0.29) is 36.5 Å². The molecule has 4 heterocycles. The van der Waals surface area contributed by atoms with E-state index in [4.69, 9.17) is 0 Å². The lowest BCUT2D eigenvalue weighted by molar-refractivity contribution is 0.0103. The first kappa shape index (κ1) is 25.7. The van der Waals surface area contributed by atoms with Crippen LogP contribution >= 0.6 is 11.3 Å². The fourth-order valence-corrected chi connectivity index (χ4v) is 5.95. The first-order valence-corrected chi connectivity index (χ1v) is 13.4. The Morgan fingerprint density at radius 2 is 1.92 bits per heavy atom. The van der Waals surface area contributed by atoms with Crippen LogP contribution in [-0.4, -0.2) is 74.5 Å². The molecule has 0 radical (unpaired) electrons. The summed E-state index contributed by atoms with van der Waals surface area (Å²) in [6.07, 6.45) is 1.46. The molecule has 2 saturated heterocycles. The highest BCUT2D eigenvalue weighted by Crippen LogP contribution is 2.35. The van der Waals surface area contributed by atoms with E-state index < -0.39 is 11.5 Å². The molecular formula is C26H32F2N6O2S. The third-order valence-electron chi connectivity index (χ3n) is 6.95. The molecule has 8 nitrogen and oxygen atoms in total. The number of likely N-dealkylation sites (tertiary alicyclic amines) is 2. The number of rotatable bonds is 5. The van der Waals surface area contributed by atoms with E-state index in [0.717, 1.165) is 18.4 Å². The molecule has 2 aromatic heterocycles. The number of carbonyl (C=O) groups is 2. The van der Waals surface area contributed by atoms with Crippen LogP contribution in [0.25, 0.3) is 10.3 Å². The average Bonchev–Trinajstić information content (AvgIpc) is 3.57. The lowest BCUT2D eigenvalue weighted by atomic mass is 10.1. The molecule has 5 rings (SSSR count). The molecule has 0 aliphatic carbocycles. The molecule has 2 amide bonds. The molecule has 0 bridgehead atoms. The number of amides is 2. The van der Waals surface area contributed by atoms with Crippen molar-refractivity contribution in [1.82, 2.24) is 24.6 Å². The maximum Gasteiger partial charge on any atom is 0.276 e. The predicted octanol–water partition coefficient (Wildman–Crippen LogP) is 4.75. The van der Waals surface area contributed by atoms with Crippen molar-refractivity contribution >= 4 is 38.6 Å². The fraction of sp³-hybridized carbons (Fsp3) is 0.538. The molecule has 198 valence electrons. The second-order valence-electron chi connectivity index (χ2n) is 11.1. The summed E-state index contributed by atoms with van der Waals surface area (Å²) in [5.41, 5.74) is 1.95. The van der Waals surface area contributed by atoms with Crippen LogP contribution in [0.2, 0.25) is 0 Å². The molecule has 11 heteroatoms. The molecule has 1 aromatic carbocycles. The van der Waals surface area contributed by atoms with Gasteiger partial charge in [-0.2, -0.15) is 10.1 Å². The number of nitrogens with one attached hydrogen (secondary N) is 1. The van der Waals surface area contributed by atoms with Crippen molar-refractivity contribution in [3.05, 3.63) is 41.1 Å². The molecule has 0 unspecified atom stereocenters. The second-order valence-corrected chi connectivity index (χ2v) is 12.1. The zero-order chi connectivity index (χ0) is 26.5. The lowest BCUT2D eigenvalue weighted by Gasteiger charge is -2.28. The van der Waals surface area contributed by atoms with E-state index in [9.17, 15) is 18.4 Å². The van der Waals surface area contributed by atoms with Gasteiger partial charge >= 0.3 is 0 Å². The van der Waals surface area contributed by atoms with Crippen LogP contribution in [0.15, 0.2) is 24.3 Å². The number of hydrogen-bond donors (Lipinski definition) is 1. The highest BCUT2D eigenvalue weighted by Gasteiger charge is 2.41. The van der Waals surface area contributed by atoms with E-state index in [1.54, 1.807) is 26.6 Å². The van der Waals surface area contributed by atoms with Gasteiger partial charge in [-0.25, -0.2) is 13.5 Å². The summed E-state index contributed by atoms with van der Waals surface area (Å²) in [7, 11) is 0. The lowest BCUT2D eigenvalue weighted by Crippen LogP contribution is -2.43. The van der Waals surface area contributed by atoms with Gasteiger partial charge in [0.1, 0.15) is 4.70 Å². The van der Waals surface area contributed by atoms with E-state index in [2.05, 4.69) is 15.4 Å². The molecule has 37 heavy (non-hydrogen) atoms. The van der Waals surface area contributed by atoms with E-state index >= 15 is 0 Å². The Hall–Kier alpha value is -2.92. The average molecular weight is 531 g/mol. The van der Waals surface area contributed by atoms with Crippen LogP contribution in [0.1, 0.15) is 66.4 Å². The zero-order valence-corrected chi connectivity index (χ0v) is 22.4. The van der Waals surface area contributed by atoms with Crippen LogP contribution in [-0.2, 0) is 5.54 Å². The van der Waals surface area contributed by atoms with Gasteiger partial charge in [0.05, 0.1) is 12.1 Å². The van der Waals surface area contributed by atoms with Crippen molar-refractivity contribution in [1.29, 1.82) is 0 Å². The Morgan fingerprint density at radius 3 is 2.57 bits per heavy atom. The fourth-order valence-electron chi connectivity index (χ4n) is 5.03. The molecule has 1 atom stereocenters. The van der Waals surface area contributed by atoms with Gasteiger partial charge in [-0.1, -0.05) is 29.0 Å². The number of carbonyl (C=O) groups excluding carboxylic acids is 2. The van der Waals surface area contributed by atoms with E-state index in [1.807, 2.05) is 39.8 Å². The number of alkyl halides is 2. The van der Waals surface area contributed by atoms with Crippen LogP contribution in [0.5, 0.6) is 0 Å². The summed E-state index contributed by atoms with van der Waals surface area (Å²) in [6, 6.07) is 7.13. The second kappa shape index (κ2) is 9.43. The Bertz CT molecular complexity index is 1330. The molecule has 0 saturated carbocycles. The molecular weight excluding hydrogens is 498 g/mol. The molecule has 0 spiro atoms. The highest BCUT2D eigenvalue weighted by molar-refractivity contribution is 7.22. The largest absolute Gasteiger partial charge is 0.333 e. The standard InChI is InChI=1S/C26H32F2N6O2S/c1-16-7-9-17(10-8-16)22(35)30-24-29-21-20(37-24)19(31-34(21)25(2,3)4)23(36)33-12-5-6-18(33)14-32-13-11-26(27,28)15-32/h7-10,18H,5-6,11-15H2,1-4H3,(H,29,30,35)/t18-/m0/s1. The Morgan fingerprint density at radius 1 is 1.19 bits per heavy atom. The summed E-state index contributed by atoms with van der Waals surface area (Å²) >= 11 is 1.22. The number of halogens is 2. The maximum atomic E-state index is 13.8. The third kappa shape index (κ3) is 5.24. The number of aromatic nitrogens is 3. The van der Waals surface area contributed by atoms with Gasteiger partial charge in [0.25, 0.3) is 17.7 Å². The number of nitrogens with zero attached hydrogens (tertiary/aromatic N) is 5. The van der Waals surface area contributed by atoms with Crippen molar-refractivity contribution in [2.75, 3.05) is 31.5 Å². The summed E-state index contributed by atoms with van der Waals surface area (Å²) in [6.45, 7) is 8.97. The van der Waals surface area contributed by atoms with E-state index in [0.29, 0.717) is 40.7 Å². The SMILES string of the molecule is Cc1ccc(C(=O)Nc2nc3c(s2)c(C(=O)N2CCC[C@H]2CN2CCC(F)(F)C2)nn3C(C)(C)C)cc1. The molecule has 3 aromatic rings. The molecule has 2 aliphatic rings. The monoisotopic (exact) mass is 530 g/mol. The van der Waals surface area contributed by atoms with Crippen LogP contribution in [0.4, 0.5) is 13.9 Å². The number of aryl methyl sites for hydroxylation is 1. The minimum atomic E-state index is -2.66. The van der Waals surface area contributed by atoms with Crippen molar-refractivity contribution in [2.24, 2.45) is 0 Å². The molecule has 2 aliphatic heterocycles. The normalized spacial score (nSPS) is 20.2. The third-order valence-corrected chi connectivity index (χ3v) is 7.92. The van der Waals surface area contributed by atoms with Crippen molar-refractivity contribution in [3.63, 3.8) is 0 Å².